The smallest absolute Gasteiger partial charge is 0.298 e. The molecule has 1 atom stereocenters. The van der Waals surface area contributed by atoms with E-state index in [0.717, 1.165) is 25.2 Å². The van der Waals surface area contributed by atoms with E-state index in [1.54, 1.807) is 24.6 Å². The summed E-state index contributed by atoms with van der Waals surface area (Å²) in [4.78, 5) is 4.67. The zero-order valence-electron chi connectivity index (χ0n) is 20.2. The van der Waals surface area contributed by atoms with Gasteiger partial charge < -0.3 is 0 Å². The molecule has 1 heterocycles. The Hall–Kier alpha value is -1.48. The maximum Gasteiger partial charge on any atom is 0.416 e. The van der Waals surface area contributed by atoms with Crippen molar-refractivity contribution in [2.24, 2.45) is 0 Å². The van der Waals surface area contributed by atoms with Crippen molar-refractivity contribution in [3.63, 3.8) is 0 Å². The van der Waals surface area contributed by atoms with Crippen LogP contribution in [0.25, 0.3) is 0 Å². The molecule has 2 aromatic rings. The number of alkyl halides is 6. The van der Waals surface area contributed by atoms with Crippen molar-refractivity contribution in [3.8, 4) is 0 Å². The van der Waals surface area contributed by atoms with Gasteiger partial charge >= 0.3 is 12.4 Å². The predicted octanol–water partition coefficient (Wildman–Crippen LogP) is 8.47. The number of nitrogens with zero attached hydrogens (tertiary/aromatic N) is 2. The van der Waals surface area contributed by atoms with Gasteiger partial charge in [0.1, 0.15) is 0 Å². The molecule has 2 nitrogen and oxygen atoms in total. The maximum atomic E-state index is 13.4. The highest BCUT2D eigenvalue weighted by molar-refractivity contribution is 6.42. The lowest BCUT2D eigenvalue weighted by atomic mass is 9.92. The highest BCUT2D eigenvalue weighted by Gasteiger charge is 2.37. The van der Waals surface area contributed by atoms with E-state index in [-0.39, 0.29) is 18.1 Å². The summed E-state index contributed by atoms with van der Waals surface area (Å²) in [6, 6.07) is 7.06. The van der Waals surface area contributed by atoms with Crippen molar-refractivity contribution >= 4 is 23.2 Å². The molecule has 2 fully saturated rings. The monoisotopic (exact) mass is 565 g/mol. The molecule has 10 heteroatoms. The molecule has 1 saturated heterocycles. The number of hydrogen-bond acceptors (Lipinski definition) is 2. The summed E-state index contributed by atoms with van der Waals surface area (Å²) in [5.41, 5.74) is -2.01. The van der Waals surface area contributed by atoms with Crippen molar-refractivity contribution in [1.82, 2.24) is 9.80 Å². The van der Waals surface area contributed by atoms with E-state index in [2.05, 4.69) is 9.80 Å². The molecule has 1 aliphatic carbocycles. The van der Waals surface area contributed by atoms with Crippen LogP contribution in [0.1, 0.15) is 60.4 Å². The van der Waals surface area contributed by atoms with Crippen LogP contribution in [0.15, 0.2) is 36.4 Å². The summed E-state index contributed by atoms with van der Waals surface area (Å²) >= 11 is 12.8. The van der Waals surface area contributed by atoms with Crippen LogP contribution >= 0.6 is 23.2 Å². The Kier molecular flexibility index (Phi) is 9.04. The third-order valence-corrected chi connectivity index (χ3v) is 8.19. The molecule has 2 aliphatic rings. The molecular formula is C27H29Cl2F6N2. The van der Waals surface area contributed by atoms with Crippen molar-refractivity contribution in [2.75, 3.05) is 26.2 Å². The number of hydrogen-bond donors (Lipinski definition) is 0. The van der Waals surface area contributed by atoms with Crippen molar-refractivity contribution in [2.45, 2.75) is 63.0 Å². The first-order chi connectivity index (χ1) is 17.4. The van der Waals surface area contributed by atoms with Crippen molar-refractivity contribution < 1.29 is 26.3 Å². The van der Waals surface area contributed by atoms with E-state index in [4.69, 9.17) is 23.2 Å². The fourth-order valence-electron chi connectivity index (χ4n) is 5.43. The maximum absolute atomic E-state index is 13.4. The second-order valence-corrected chi connectivity index (χ2v) is 10.6. The van der Waals surface area contributed by atoms with E-state index in [9.17, 15) is 26.3 Å². The Morgan fingerprint density at radius 2 is 1.43 bits per heavy atom. The van der Waals surface area contributed by atoms with E-state index in [1.807, 2.05) is 0 Å². The van der Waals surface area contributed by atoms with E-state index < -0.39 is 29.5 Å². The summed E-state index contributed by atoms with van der Waals surface area (Å²) in [7, 11) is 0. The fraction of sp³-hybridized carbons (Fsp3) is 0.519. The quantitative estimate of drug-likeness (QED) is 0.324. The minimum Gasteiger partial charge on any atom is -0.298 e. The molecular weight excluding hydrogens is 537 g/mol. The standard InChI is InChI=1S/C27H29Cl2F6N2/c28-23-8-4-7-22(25(23)29)24(37-13-11-36(12-14-37)21-5-2-1-3-6-21)10-9-18-15-19(26(30,31)32)17-20(16-18)27(33,34)35/h4,7-8,10,15-17,21,24H,1-3,5-6,9,11-14H2. The molecule has 1 radical (unpaired) electrons. The highest BCUT2D eigenvalue weighted by Crippen LogP contribution is 2.39. The zero-order valence-corrected chi connectivity index (χ0v) is 21.7. The van der Waals surface area contributed by atoms with E-state index >= 15 is 0 Å². The molecule has 1 unspecified atom stereocenters. The van der Waals surface area contributed by atoms with Crippen LogP contribution in [-0.4, -0.2) is 42.0 Å². The largest absolute Gasteiger partial charge is 0.416 e. The van der Waals surface area contributed by atoms with Crippen molar-refractivity contribution in [3.05, 3.63) is 75.1 Å². The fourth-order valence-corrected chi connectivity index (χ4v) is 5.85. The van der Waals surface area contributed by atoms with Crippen LogP contribution in [0.5, 0.6) is 0 Å². The molecule has 203 valence electrons. The van der Waals surface area contributed by atoms with Gasteiger partial charge in [-0.1, -0.05) is 54.6 Å². The minimum absolute atomic E-state index is 0.0638. The van der Waals surface area contributed by atoms with Gasteiger partial charge in [0.2, 0.25) is 0 Å². The zero-order chi connectivity index (χ0) is 26.8. The van der Waals surface area contributed by atoms with Crippen LogP contribution < -0.4 is 0 Å². The molecule has 0 amide bonds. The Labute approximate surface area is 223 Å². The van der Waals surface area contributed by atoms with Crippen LogP contribution in [0.3, 0.4) is 0 Å². The molecule has 0 bridgehead atoms. The van der Waals surface area contributed by atoms with Gasteiger partial charge in [-0.15, -0.1) is 0 Å². The average Bonchev–Trinajstić information content (AvgIpc) is 2.86. The summed E-state index contributed by atoms with van der Waals surface area (Å²) in [5.74, 6) is 0. The summed E-state index contributed by atoms with van der Waals surface area (Å²) in [6.07, 6.45) is -2.02. The lowest BCUT2D eigenvalue weighted by molar-refractivity contribution is -0.143. The van der Waals surface area contributed by atoms with Crippen LogP contribution in [0, 0.1) is 6.42 Å². The Bertz CT molecular complexity index is 1030. The third kappa shape index (κ3) is 7.14. The normalized spacial score (nSPS) is 19.8. The predicted molar refractivity (Wildman–Crippen MR) is 134 cm³/mol. The first-order valence-electron chi connectivity index (χ1n) is 12.5. The van der Waals surface area contributed by atoms with Gasteiger partial charge in [-0.2, -0.15) is 26.3 Å². The van der Waals surface area contributed by atoms with Gasteiger partial charge in [0, 0.05) is 38.3 Å². The van der Waals surface area contributed by atoms with Gasteiger partial charge in [-0.25, -0.2) is 0 Å². The molecule has 37 heavy (non-hydrogen) atoms. The molecule has 0 N–H and O–H groups in total. The molecule has 2 aromatic carbocycles. The highest BCUT2D eigenvalue weighted by atomic mass is 35.5. The lowest BCUT2D eigenvalue weighted by Gasteiger charge is -2.43. The average molecular weight is 566 g/mol. The Balaban J connectivity index is 1.57. The number of rotatable bonds is 6. The van der Waals surface area contributed by atoms with Gasteiger partial charge in [0.05, 0.1) is 21.2 Å². The van der Waals surface area contributed by atoms with E-state index in [1.165, 1.54) is 32.1 Å². The molecule has 0 aromatic heterocycles. The topological polar surface area (TPSA) is 6.48 Å². The first-order valence-corrected chi connectivity index (χ1v) is 13.2. The molecule has 4 rings (SSSR count). The summed E-state index contributed by atoms with van der Waals surface area (Å²) in [5, 5.41) is 0.678. The number of piperazine rings is 1. The second-order valence-electron chi connectivity index (χ2n) is 9.81. The molecule has 0 spiro atoms. The van der Waals surface area contributed by atoms with Gasteiger partial charge in [-0.3, -0.25) is 9.80 Å². The number of halogens is 8. The van der Waals surface area contributed by atoms with Crippen LogP contribution in [-0.2, 0) is 18.8 Å². The third-order valence-electron chi connectivity index (χ3n) is 7.36. The summed E-state index contributed by atoms with van der Waals surface area (Å²) < 4.78 is 80.1. The SMILES string of the molecule is FC(F)(F)c1cc(C[CH]C(c2cccc(Cl)c2Cl)N2CCN(C3CCCCC3)CC2)cc(C(F)(F)F)c1. The van der Waals surface area contributed by atoms with Crippen LogP contribution in [0.2, 0.25) is 10.0 Å². The van der Waals surface area contributed by atoms with Crippen molar-refractivity contribution in [1.29, 1.82) is 0 Å². The summed E-state index contributed by atoms with van der Waals surface area (Å²) in [6.45, 7) is 3.09. The molecule has 1 aliphatic heterocycles. The first kappa shape index (κ1) is 28.5. The van der Waals surface area contributed by atoms with Gasteiger partial charge in [0.15, 0.2) is 0 Å². The minimum atomic E-state index is -4.89. The molecule has 1 saturated carbocycles. The lowest BCUT2D eigenvalue weighted by Crippen LogP contribution is -2.51. The van der Waals surface area contributed by atoms with Gasteiger partial charge in [-0.05, 0) is 61.1 Å². The van der Waals surface area contributed by atoms with Gasteiger partial charge in [0.25, 0.3) is 0 Å². The Morgan fingerprint density at radius 3 is 2.00 bits per heavy atom. The van der Waals surface area contributed by atoms with E-state index in [0.29, 0.717) is 34.7 Å². The van der Waals surface area contributed by atoms with Crippen LogP contribution in [0.4, 0.5) is 26.3 Å². The Morgan fingerprint density at radius 1 is 0.838 bits per heavy atom. The second kappa shape index (κ2) is 11.7. The number of benzene rings is 2.